The van der Waals surface area contributed by atoms with E-state index in [9.17, 15) is 14.0 Å². The highest BCUT2D eigenvalue weighted by molar-refractivity contribution is 7.99. The van der Waals surface area contributed by atoms with Crippen LogP contribution in [0.1, 0.15) is 12.5 Å². The number of amides is 1. The Morgan fingerprint density at radius 3 is 2.53 bits per heavy atom. The first-order valence-electron chi connectivity index (χ1n) is 10.9. The number of hydrogen-bond acceptors (Lipinski definition) is 5. The van der Waals surface area contributed by atoms with Crippen LogP contribution in [0.3, 0.4) is 0 Å². The molecule has 174 valence electrons. The van der Waals surface area contributed by atoms with Crippen LogP contribution in [-0.4, -0.2) is 34.4 Å². The lowest BCUT2D eigenvalue weighted by Gasteiger charge is -2.14. The first-order chi connectivity index (χ1) is 16.5. The molecule has 1 heterocycles. The number of aromatic nitrogens is 2. The molecule has 0 fully saturated rings. The molecule has 0 saturated heterocycles. The van der Waals surface area contributed by atoms with E-state index in [0.29, 0.717) is 47.1 Å². The summed E-state index contributed by atoms with van der Waals surface area (Å²) in [6.45, 7) is 2.89. The van der Waals surface area contributed by atoms with E-state index in [1.165, 1.54) is 28.5 Å². The van der Waals surface area contributed by atoms with Gasteiger partial charge in [-0.1, -0.05) is 36.0 Å². The quantitative estimate of drug-likeness (QED) is 0.286. The summed E-state index contributed by atoms with van der Waals surface area (Å²) < 4.78 is 20.0. The standard InChI is InChI=1S/C26H24FN3O3S/c1-2-33-21-13-11-20(12-14-21)30-25(32)22-5-3-4-6-23(22)29-26(30)34-17-24(31)28-16-15-18-7-9-19(27)10-8-18/h3-14H,2,15-17H2,1H3,(H,28,31). The molecule has 4 aromatic rings. The molecule has 6 nitrogen and oxygen atoms in total. The van der Waals surface area contributed by atoms with Gasteiger partial charge in [-0.3, -0.25) is 14.2 Å². The fraction of sp³-hybridized carbons (Fsp3) is 0.192. The number of ether oxygens (including phenoxy) is 1. The Hall–Kier alpha value is -3.65. The summed E-state index contributed by atoms with van der Waals surface area (Å²) in [6, 6.07) is 20.6. The van der Waals surface area contributed by atoms with Gasteiger partial charge in [-0.05, 0) is 67.4 Å². The third-order valence-electron chi connectivity index (χ3n) is 5.13. The second-order valence-electron chi connectivity index (χ2n) is 7.49. The molecule has 0 aliphatic heterocycles. The number of thioether (sulfide) groups is 1. The van der Waals surface area contributed by atoms with Crippen LogP contribution in [-0.2, 0) is 11.2 Å². The number of rotatable bonds is 9. The third-order valence-corrected chi connectivity index (χ3v) is 6.07. The summed E-state index contributed by atoms with van der Waals surface area (Å²) in [7, 11) is 0. The smallest absolute Gasteiger partial charge is 0.266 e. The van der Waals surface area contributed by atoms with E-state index in [2.05, 4.69) is 10.3 Å². The molecule has 0 atom stereocenters. The molecule has 8 heteroatoms. The molecule has 3 aromatic carbocycles. The van der Waals surface area contributed by atoms with Gasteiger partial charge in [-0.15, -0.1) is 0 Å². The third kappa shape index (κ3) is 5.63. The summed E-state index contributed by atoms with van der Waals surface area (Å²) in [4.78, 5) is 30.4. The average Bonchev–Trinajstić information content (AvgIpc) is 2.85. The Balaban J connectivity index is 1.51. The minimum absolute atomic E-state index is 0.102. The maximum absolute atomic E-state index is 13.3. The summed E-state index contributed by atoms with van der Waals surface area (Å²) in [6.07, 6.45) is 0.599. The number of carbonyl (C=O) groups is 1. The predicted molar refractivity (Wildman–Crippen MR) is 132 cm³/mol. The molecule has 0 saturated carbocycles. The number of para-hydroxylation sites is 1. The summed E-state index contributed by atoms with van der Waals surface area (Å²) in [5.74, 6) is 0.354. The first-order valence-corrected chi connectivity index (χ1v) is 11.9. The Morgan fingerprint density at radius 1 is 1.06 bits per heavy atom. The molecule has 1 N–H and O–H groups in total. The van der Waals surface area contributed by atoms with E-state index in [1.54, 1.807) is 54.6 Å². The zero-order chi connectivity index (χ0) is 23.9. The van der Waals surface area contributed by atoms with E-state index in [1.807, 2.05) is 13.0 Å². The highest BCUT2D eigenvalue weighted by atomic mass is 32.2. The zero-order valence-corrected chi connectivity index (χ0v) is 19.5. The molecular formula is C26H24FN3O3S. The van der Waals surface area contributed by atoms with E-state index in [4.69, 9.17) is 4.74 Å². The number of nitrogens with zero attached hydrogens (tertiary/aromatic N) is 2. The average molecular weight is 478 g/mol. The topological polar surface area (TPSA) is 73.2 Å². The van der Waals surface area contributed by atoms with E-state index < -0.39 is 0 Å². The van der Waals surface area contributed by atoms with Crippen molar-refractivity contribution in [2.75, 3.05) is 18.9 Å². The zero-order valence-electron chi connectivity index (χ0n) is 18.7. The molecule has 1 amide bonds. The van der Waals surface area contributed by atoms with Crippen molar-refractivity contribution in [3.63, 3.8) is 0 Å². The molecule has 0 spiro atoms. The molecule has 0 aliphatic carbocycles. The predicted octanol–water partition coefficient (Wildman–Crippen LogP) is 4.37. The van der Waals surface area contributed by atoms with E-state index in [0.717, 1.165) is 5.56 Å². The van der Waals surface area contributed by atoms with Gasteiger partial charge in [0.2, 0.25) is 5.91 Å². The van der Waals surface area contributed by atoms with Crippen LogP contribution in [0.25, 0.3) is 16.6 Å². The van der Waals surface area contributed by atoms with Gasteiger partial charge < -0.3 is 10.1 Å². The number of carbonyl (C=O) groups excluding carboxylic acids is 1. The highest BCUT2D eigenvalue weighted by Gasteiger charge is 2.15. The van der Waals surface area contributed by atoms with Crippen LogP contribution in [0, 0.1) is 5.82 Å². The highest BCUT2D eigenvalue weighted by Crippen LogP contribution is 2.23. The number of benzene rings is 3. The Labute approximate surface area is 200 Å². The van der Waals surface area contributed by atoms with Crippen LogP contribution in [0.2, 0.25) is 0 Å². The largest absolute Gasteiger partial charge is 0.494 e. The van der Waals surface area contributed by atoms with Gasteiger partial charge in [-0.2, -0.15) is 0 Å². The van der Waals surface area contributed by atoms with Gasteiger partial charge in [0.1, 0.15) is 11.6 Å². The van der Waals surface area contributed by atoms with Crippen molar-refractivity contribution in [2.45, 2.75) is 18.5 Å². The lowest BCUT2D eigenvalue weighted by Crippen LogP contribution is -2.28. The van der Waals surface area contributed by atoms with E-state index in [-0.39, 0.29) is 23.0 Å². The second-order valence-corrected chi connectivity index (χ2v) is 8.44. The van der Waals surface area contributed by atoms with Crippen LogP contribution < -0.4 is 15.6 Å². The van der Waals surface area contributed by atoms with Crippen molar-refractivity contribution < 1.29 is 13.9 Å². The number of fused-ring (bicyclic) bond motifs is 1. The maximum Gasteiger partial charge on any atom is 0.266 e. The SMILES string of the molecule is CCOc1ccc(-n2c(SCC(=O)NCCc3ccc(F)cc3)nc3ccccc3c2=O)cc1. The fourth-order valence-corrected chi connectivity index (χ4v) is 4.32. The molecular weight excluding hydrogens is 453 g/mol. The number of hydrogen-bond donors (Lipinski definition) is 1. The molecule has 1 aromatic heterocycles. The van der Waals surface area contributed by atoms with Crippen molar-refractivity contribution in [2.24, 2.45) is 0 Å². The molecule has 0 bridgehead atoms. The number of halogens is 1. The van der Waals surface area contributed by atoms with Crippen LogP contribution in [0.5, 0.6) is 5.75 Å². The second kappa shape index (κ2) is 11.0. The summed E-state index contributed by atoms with van der Waals surface area (Å²) >= 11 is 1.20. The lowest BCUT2D eigenvalue weighted by molar-refractivity contribution is -0.118. The van der Waals surface area contributed by atoms with Crippen molar-refractivity contribution in [1.82, 2.24) is 14.9 Å². The lowest BCUT2D eigenvalue weighted by atomic mass is 10.1. The summed E-state index contributed by atoms with van der Waals surface area (Å²) in [5, 5.41) is 3.80. The van der Waals surface area contributed by atoms with Crippen molar-refractivity contribution >= 4 is 28.6 Å². The first kappa shape index (κ1) is 23.5. The Morgan fingerprint density at radius 2 is 1.79 bits per heavy atom. The van der Waals surface area contributed by atoms with E-state index >= 15 is 0 Å². The van der Waals surface area contributed by atoms with Crippen molar-refractivity contribution in [3.05, 3.63) is 94.5 Å². The van der Waals surface area contributed by atoms with Gasteiger partial charge in [0.25, 0.3) is 5.56 Å². The fourth-order valence-electron chi connectivity index (χ4n) is 3.47. The number of nitrogens with one attached hydrogen (secondary N) is 1. The molecule has 0 aliphatic rings. The Bertz CT molecular complexity index is 1340. The minimum Gasteiger partial charge on any atom is -0.494 e. The van der Waals surface area contributed by atoms with Gasteiger partial charge in [-0.25, -0.2) is 9.37 Å². The van der Waals surface area contributed by atoms with Gasteiger partial charge >= 0.3 is 0 Å². The normalized spacial score (nSPS) is 10.9. The monoisotopic (exact) mass is 477 g/mol. The molecule has 0 radical (unpaired) electrons. The van der Waals surface area contributed by atoms with Crippen molar-refractivity contribution in [3.8, 4) is 11.4 Å². The molecule has 0 unspecified atom stereocenters. The van der Waals surface area contributed by atoms with Crippen molar-refractivity contribution in [1.29, 1.82) is 0 Å². The van der Waals surface area contributed by atoms with Gasteiger partial charge in [0.15, 0.2) is 5.16 Å². The maximum atomic E-state index is 13.3. The molecule has 34 heavy (non-hydrogen) atoms. The Kier molecular flexibility index (Phi) is 7.59. The van der Waals surface area contributed by atoms with Gasteiger partial charge in [0.05, 0.1) is 29.0 Å². The summed E-state index contributed by atoms with van der Waals surface area (Å²) in [5.41, 5.74) is 1.96. The van der Waals surface area contributed by atoms with Crippen LogP contribution in [0.15, 0.2) is 82.7 Å². The van der Waals surface area contributed by atoms with Crippen LogP contribution >= 0.6 is 11.8 Å². The molecule has 4 rings (SSSR count). The van der Waals surface area contributed by atoms with Crippen LogP contribution in [0.4, 0.5) is 4.39 Å². The minimum atomic E-state index is -0.286. The van der Waals surface area contributed by atoms with Gasteiger partial charge in [0, 0.05) is 6.54 Å².